The zero-order valence-electron chi connectivity index (χ0n) is 14.3. The van der Waals surface area contributed by atoms with Gasteiger partial charge in [-0.05, 0) is 31.6 Å². The largest absolute Gasteiger partial charge is 0.334 e. The predicted octanol–water partition coefficient (Wildman–Crippen LogP) is 2.37. The van der Waals surface area contributed by atoms with Crippen molar-refractivity contribution in [1.82, 2.24) is 20.0 Å². The molecule has 1 saturated heterocycles. The van der Waals surface area contributed by atoms with Crippen molar-refractivity contribution in [2.45, 2.75) is 51.5 Å². The van der Waals surface area contributed by atoms with Gasteiger partial charge in [-0.2, -0.15) is 5.10 Å². The Morgan fingerprint density at radius 3 is 2.83 bits per heavy atom. The average molecular weight is 319 g/mol. The smallest absolute Gasteiger partial charge is 0.320 e. The molecule has 2 amide bonds. The fourth-order valence-electron chi connectivity index (χ4n) is 3.83. The van der Waals surface area contributed by atoms with Crippen LogP contribution in [0.25, 0.3) is 0 Å². The van der Waals surface area contributed by atoms with E-state index in [0.717, 1.165) is 43.4 Å². The monoisotopic (exact) mass is 319 g/mol. The van der Waals surface area contributed by atoms with Crippen LogP contribution in [-0.2, 0) is 13.5 Å². The Labute approximate surface area is 138 Å². The molecule has 0 radical (unpaired) electrons. The number of carbonyl (C=O) groups excluding carboxylic acids is 1. The molecule has 0 bridgehead atoms. The number of carbonyl (C=O) groups is 1. The van der Waals surface area contributed by atoms with E-state index in [4.69, 9.17) is 0 Å². The number of urea groups is 1. The van der Waals surface area contributed by atoms with Gasteiger partial charge in [0.1, 0.15) is 5.82 Å². The molecule has 1 aromatic rings. The van der Waals surface area contributed by atoms with E-state index < -0.39 is 0 Å². The van der Waals surface area contributed by atoms with Crippen molar-refractivity contribution in [1.29, 1.82) is 0 Å². The second kappa shape index (κ2) is 7.34. The molecule has 23 heavy (non-hydrogen) atoms. The maximum absolute atomic E-state index is 12.2. The van der Waals surface area contributed by atoms with Gasteiger partial charge < -0.3 is 10.2 Å². The number of amides is 2. The number of nitrogens with one attached hydrogen (secondary N) is 2. The number of hydrogen-bond donors (Lipinski definition) is 2. The predicted molar refractivity (Wildman–Crippen MR) is 91.5 cm³/mol. The lowest BCUT2D eigenvalue weighted by molar-refractivity contribution is 0.245. The zero-order valence-corrected chi connectivity index (χ0v) is 14.3. The van der Waals surface area contributed by atoms with Gasteiger partial charge in [-0.15, -0.1) is 0 Å². The first kappa shape index (κ1) is 16.3. The quantitative estimate of drug-likeness (QED) is 0.876. The minimum Gasteiger partial charge on any atom is -0.334 e. The van der Waals surface area contributed by atoms with Gasteiger partial charge in [0.15, 0.2) is 0 Å². The van der Waals surface area contributed by atoms with Crippen molar-refractivity contribution in [3.8, 4) is 0 Å². The number of anilines is 1. The number of rotatable bonds is 5. The summed E-state index contributed by atoms with van der Waals surface area (Å²) in [5.41, 5.74) is 0.992. The maximum atomic E-state index is 12.2. The number of nitrogens with zero attached hydrogens (tertiary/aromatic N) is 3. The van der Waals surface area contributed by atoms with Gasteiger partial charge in [0.05, 0.1) is 5.69 Å². The number of aromatic nitrogens is 2. The summed E-state index contributed by atoms with van der Waals surface area (Å²) in [5, 5.41) is 10.4. The Morgan fingerprint density at radius 2 is 2.13 bits per heavy atom. The van der Waals surface area contributed by atoms with E-state index in [0.29, 0.717) is 0 Å². The molecule has 0 aromatic carbocycles. The van der Waals surface area contributed by atoms with Crippen LogP contribution < -0.4 is 10.6 Å². The summed E-state index contributed by atoms with van der Waals surface area (Å²) in [6.45, 7) is 5.35. The van der Waals surface area contributed by atoms with Crippen LogP contribution in [-0.4, -0.2) is 46.4 Å². The summed E-state index contributed by atoms with van der Waals surface area (Å²) in [4.78, 5) is 14.7. The van der Waals surface area contributed by atoms with Crippen LogP contribution in [0.2, 0.25) is 0 Å². The normalized spacial score (nSPS) is 22.6. The van der Waals surface area contributed by atoms with E-state index in [1.807, 2.05) is 13.1 Å². The molecule has 1 aliphatic heterocycles. The molecule has 2 N–H and O–H groups in total. The van der Waals surface area contributed by atoms with Gasteiger partial charge >= 0.3 is 6.03 Å². The molecular weight excluding hydrogens is 290 g/mol. The second-order valence-corrected chi connectivity index (χ2v) is 6.99. The lowest BCUT2D eigenvalue weighted by atomic mass is 10.1. The number of hydrogen-bond acceptors (Lipinski definition) is 3. The van der Waals surface area contributed by atoms with E-state index in [-0.39, 0.29) is 12.1 Å². The SMILES string of the molecule is CCc1cc(NC(=O)NC2CCN(CC3CCCC3)C2)n(C)n1. The Balaban J connectivity index is 1.44. The molecule has 1 atom stereocenters. The first-order chi connectivity index (χ1) is 11.1. The molecule has 1 unspecified atom stereocenters. The van der Waals surface area contributed by atoms with Crippen LogP contribution in [0.15, 0.2) is 6.07 Å². The molecule has 2 aliphatic rings. The summed E-state index contributed by atoms with van der Waals surface area (Å²) in [7, 11) is 1.85. The molecule has 1 saturated carbocycles. The third-order valence-electron chi connectivity index (χ3n) is 5.13. The highest BCUT2D eigenvalue weighted by Gasteiger charge is 2.27. The molecular formula is C17H29N5O. The van der Waals surface area contributed by atoms with Crippen LogP contribution in [0.1, 0.15) is 44.7 Å². The molecule has 6 heteroatoms. The van der Waals surface area contributed by atoms with E-state index in [2.05, 4.69) is 27.6 Å². The minimum absolute atomic E-state index is 0.122. The summed E-state index contributed by atoms with van der Waals surface area (Å²) >= 11 is 0. The van der Waals surface area contributed by atoms with Crippen molar-refractivity contribution < 1.29 is 4.79 Å². The van der Waals surface area contributed by atoms with E-state index in [1.165, 1.54) is 32.2 Å². The Bertz CT molecular complexity index is 535. The maximum Gasteiger partial charge on any atom is 0.320 e. The minimum atomic E-state index is -0.122. The standard InChI is InChI=1S/C17H29N5O/c1-3-14-10-16(21(2)20-14)19-17(23)18-15-8-9-22(12-15)11-13-6-4-5-7-13/h10,13,15H,3-9,11-12H2,1-2H3,(H2,18,19,23). The average Bonchev–Trinajstić information content (AvgIpc) is 3.23. The topological polar surface area (TPSA) is 62.2 Å². The summed E-state index contributed by atoms with van der Waals surface area (Å²) < 4.78 is 1.72. The summed E-state index contributed by atoms with van der Waals surface area (Å²) in [6.07, 6.45) is 7.48. The lowest BCUT2D eigenvalue weighted by Gasteiger charge is -2.20. The van der Waals surface area contributed by atoms with E-state index in [9.17, 15) is 4.79 Å². The van der Waals surface area contributed by atoms with Crippen molar-refractivity contribution in [2.75, 3.05) is 25.0 Å². The van der Waals surface area contributed by atoms with Crippen LogP contribution in [0.5, 0.6) is 0 Å². The Morgan fingerprint density at radius 1 is 1.35 bits per heavy atom. The van der Waals surface area contributed by atoms with Gasteiger partial charge in [0, 0.05) is 38.8 Å². The van der Waals surface area contributed by atoms with Crippen molar-refractivity contribution in [2.24, 2.45) is 13.0 Å². The van der Waals surface area contributed by atoms with Crippen LogP contribution in [0, 0.1) is 5.92 Å². The number of aryl methyl sites for hydroxylation is 2. The third-order valence-corrected chi connectivity index (χ3v) is 5.13. The molecule has 2 heterocycles. The molecule has 1 aliphatic carbocycles. The van der Waals surface area contributed by atoms with E-state index >= 15 is 0 Å². The highest BCUT2D eigenvalue weighted by atomic mass is 16.2. The molecule has 1 aromatic heterocycles. The van der Waals surface area contributed by atoms with Crippen LogP contribution in [0.3, 0.4) is 0 Å². The highest BCUT2D eigenvalue weighted by molar-refractivity contribution is 5.88. The molecule has 0 spiro atoms. The van der Waals surface area contributed by atoms with Crippen molar-refractivity contribution >= 4 is 11.8 Å². The van der Waals surface area contributed by atoms with Crippen LogP contribution >= 0.6 is 0 Å². The van der Waals surface area contributed by atoms with E-state index in [1.54, 1.807) is 4.68 Å². The highest BCUT2D eigenvalue weighted by Crippen LogP contribution is 2.26. The van der Waals surface area contributed by atoms with Crippen LogP contribution in [0.4, 0.5) is 10.6 Å². The molecule has 6 nitrogen and oxygen atoms in total. The first-order valence-electron chi connectivity index (χ1n) is 8.97. The van der Waals surface area contributed by atoms with Crippen molar-refractivity contribution in [3.05, 3.63) is 11.8 Å². The number of likely N-dealkylation sites (tertiary alicyclic amines) is 1. The lowest BCUT2D eigenvalue weighted by Crippen LogP contribution is -2.40. The molecule has 3 rings (SSSR count). The first-order valence-corrected chi connectivity index (χ1v) is 8.97. The van der Waals surface area contributed by atoms with Gasteiger partial charge in [-0.3, -0.25) is 10.00 Å². The fourth-order valence-corrected chi connectivity index (χ4v) is 3.83. The summed E-state index contributed by atoms with van der Waals surface area (Å²) in [5.74, 6) is 1.63. The zero-order chi connectivity index (χ0) is 16.2. The molecule has 2 fully saturated rings. The fraction of sp³-hybridized carbons (Fsp3) is 0.765. The Hall–Kier alpha value is -1.56. The second-order valence-electron chi connectivity index (χ2n) is 6.99. The summed E-state index contributed by atoms with van der Waals surface area (Å²) in [6, 6.07) is 2.07. The Kier molecular flexibility index (Phi) is 5.20. The van der Waals surface area contributed by atoms with Crippen molar-refractivity contribution in [3.63, 3.8) is 0 Å². The van der Waals surface area contributed by atoms with Gasteiger partial charge in [0.25, 0.3) is 0 Å². The van der Waals surface area contributed by atoms with Gasteiger partial charge in [-0.25, -0.2) is 4.79 Å². The van der Waals surface area contributed by atoms with Gasteiger partial charge in [-0.1, -0.05) is 19.8 Å². The molecule has 128 valence electrons. The van der Waals surface area contributed by atoms with Gasteiger partial charge in [0.2, 0.25) is 0 Å². The third kappa shape index (κ3) is 4.25.